The van der Waals surface area contributed by atoms with E-state index >= 15 is 0 Å². The number of amides is 1. The first-order valence-electron chi connectivity index (χ1n) is 8.78. The third-order valence-electron chi connectivity index (χ3n) is 4.29. The Labute approximate surface area is 149 Å². The van der Waals surface area contributed by atoms with E-state index in [1.807, 2.05) is 37.3 Å². The second-order valence-corrected chi connectivity index (χ2v) is 6.01. The normalized spacial score (nSPS) is 10.4. The highest BCUT2D eigenvalue weighted by atomic mass is 16.2. The first-order chi connectivity index (χ1) is 12.0. The molecule has 0 bridgehead atoms. The van der Waals surface area contributed by atoms with Gasteiger partial charge in [-0.1, -0.05) is 30.3 Å². The van der Waals surface area contributed by atoms with Crippen LogP contribution in [-0.4, -0.2) is 24.8 Å². The fraction of sp³-hybridized carbons (Fsp3) is 0.333. The number of anilines is 2. The highest BCUT2D eigenvalue weighted by Gasteiger charge is 2.11. The van der Waals surface area contributed by atoms with Gasteiger partial charge in [-0.25, -0.2) is 0 Å². The number of aryl methyl sites for hydroxylation is 1. The van der Waals surface area contributed by atoms with Crippen LogP contribution < -0.4 is 10.2 Å². The van der Waals surface area contributed by atoms with E-state index in [9.17, 15) is 9.59 Å². The molecule has 1 amide bonds. The largest absolute Gasteiger partial charge is 0.372 e. The molecule has 2 aromatic rings. The number of nitrogens with zero attached hydrogens (tertiary/aromatic N) is 1. The first-order valence-corrected chi connectivity index (χ1v) is 8.78. The predicted molar refractivity (Wildman–Crippen MR) is 103 cm³/mol. The van der Waals surface area contributed by atoms with Crippen molar-refractivity contribution < 1.29 is 9.59 Å². The minimum atomic E-state index is -0.136. The zero-order chi connectivity index (χ0) is 18.2. The topological polar surface area (TPSA) is 49.4 Å². The van der Waals surface area contributed by atoms with Crippen LogP contribution in [0.3, 0.4) is 0 Å². The maximum Gasteiger partial charge on any atom is 0.224 e. The van der Waals surface area contributed by atoms with Gasteiger partial charge in [-0.3, -0.25) is 9.59 Å². The average Bonchev–Trinajstić information content (AvgIpc) is 2.63. The van der Waals surface area contributed by atoms with Crippen LogP contribution in [0.25, 0.3) is 0 Å². The summed E-state index contributed by atoms with van der Waals surface area (Å²) < 4.78 is 0. The Balaban J connectivity index is 1.93. The van der Waals surface area contributed by atoms with Gasteiger partial charge in [0.25, 0.3) is 0 Å². The van der Waals surface area contributed by atoms with Gasteiger partial charge in [0, 0.05) is 42.9 Å². The van der Waals surface area contributed by atoms with Crippen molar-refractivity contribution in [1.82, 2.24) is 0 Å². The van der Waals surface area contributed by atoms with Gasteiger partial charge >= 0.3 is 0 Å². The lowest BCUT2D eigenvalue weighted by molar-refractivity contribution is -0.116. The van der Waals surface area contributed by atoms with Crippen LogP contribution in [0.2, 0.25) is 0 Å². The third-order valence-corrected chi connectivity index (χ3v) is 4.29. The number of carbonyl (C=O) groups excluding carboxylic acids is 2. The number of carbonyl (C=O) groups is 2. The Morgan fingerprint density at radius 2 is 1.64 bits per heavy atom. The molecule has 1 N–H and O–H groups in total. The van der Waals surface area contributed by atoms with E-state index in [1.54, 1.807) is 12.1 Å². The van der Waals surface area contributed by atoms with Crippen molar-refractivity contribution in [3.8, 4) is 0 Å². The number of rotatable bonds is 8. The van der Waals surface area contributed by atoms with Gasteiger partial charge in [-0.15, -0.1) is 0 Å². The summed E-state index contributed by atoms with van der Waals surface area (Å²) in [5.41, 5.74) is 3.62. The van der Waals surface area contributed by atoms with Crippen molar-refractivity contribution in [3.63, 3.8) is 0 Å². The van der Waals surface area contributed by atoms with E-state index in [1.165, 1.54) is 0 Å². The highest BCUT2D eigenvalue weighted by Crippen LogP contribution is 2.23. The van der Waals surface area contributed by atoms with Crippen molar-refractivity contribution in [2.75, 3.05) is 23.3 Å². The minimum absolute atomic E-state index is 0.00986. The lowest BCUT2D eigenvalue weighted by Gasteiger charge is -2.22. The average molecular weight is 338 g/mol. The van der Waals surface area contributed by atoms with Crippen LogP contribution in [-0.2, 0) is 4.79 Å². The van der Waals surface area contributed by atoms with E-state index in [-0.39, 0.29) is 24.5 Å². The molecule has 4 nitrogen and oxygen atoms in total. The number of benzene rings is 2. The molecular weight excluding hydrogens is 312 g/mol. The molecule has 0 atom stereocenters. The Morgan fingerprint density at radius 3 is 2.24 bits per heavy atom. The summed E-state index contributed by atoms with van der Waals surface area (Å²) in [7, 11) is 0. The second-order valence-electron chi connectivity index (χ2n) is 6.01. The van der Waals surface area contributed by atoms with Crippen molar-refractivity contribution in [2.45, 2.75) is 33.6 Å². The van der Waals surface area contributed by atoms with E-state index in [4.69, 9.17) is 0 Å². The molecule has 4 heteroatoms. The number of ketones is 1. The van der Waals surface area contributed by atoms with Gasteiger partial charge in [0.1, 0.15) is 0 Å². The summed E-state index contributed by atoms with van der Waals surface area (Å²) in [5, 5.41) is 2.91. The molecule has 0 aliphatic carbocycles. The van der Waals surface area contributed by atoms with Gasteiger partial charge in [-0.05, 0) is 44.5 Å². The van der Waals surface area contributed by atoms with Gasteiger partial charge in [-0.2, -0.15) is 0 Å². The summed E-state index contributed by atoms with van der Waals surface area (Å²) in [6.07, 6.45) is 0.400. The molecule has 0 fully saturated rings. The molecule has 0 aliphatic rings. The second kappa shape index (κ2) is 9.02. The van der Waals surface area contributed by atoms with Crippen molar-refractivity contribution in [1.29, 1.82) is 0 Å². The maximum atomic E-state index is 12.2. The monoisotopic (exact) mass is 338 g/mol. The van der Waals surface area contributed by atoms with Crippen LogP contribution in [0.15, 0.2) is 48.5 Å². The lowest BCUT2D eigenvalue weighted by Crippen LogP contribution is -2.22. The summed E-state index contributed by atoms with van der Waals surface area (Å²) in [4.78, 5) is 26.5. The van der Waals surface area contributed by atoms with Crippen LogP contribution in [0.1, 0.15) is 42.6 Å². The zero-order valence-corrected chi connectivity index (χ0v) is 15.2. The Kier molecular flexibility index (Phi) is 6.75. The Hall–Kier alpha value is -2.62. The molecule has 0 spiro atoms. The lowest BCUT2D eigenvalue weighted by atomic mass is 10.1. The summed E-state index contributed by atoms with van der Waals surface area (Å²) in [6.45, 7) is 8.13. The molecule has 0 unspecified atom stereocenters. The van der Waals surface area contributed by atoms with Crippen molar-refractivity contribution in [2.24, 2.45) is 0 Å². The molecular formula is C21H26N2O2. The SMILES string of the molecule is CCN(CC)c1ccc(NC(=O)CCC(=O)c2ccccc2)c(C)c1. The van der Waals surface area contributed by atoms with Crippen molar-refractivity contribution in [3.05, 3.63) is 59.7 Å². The molecule has 0 saturated heterocycles. The predicted octanol–water partition coefficient (Wildman–Crippen LogP) is 4.44. The highest BCUT2D eigenvalue weighted by molar-refractivity contribution is 6.00. The summed E-state index contributed by atoms with van der Waals surface area (Å²) in [5.74, 6) is -0.146. The molecule has 132 valence electrons. The van der Waals surface area contributed by atoms with Gasteiger partial charge in [0.05, 0.1) is 0 Å². The van der Waals surface area contributed by atoms with E-state index in [0.717, 1.165) is 30.0 Å². The quantitative estimate of drug-likeness (QED) is 0.724. The summed E-state index contributed by atoms with van der Waals surface area (Å²) >= 11 is 0. The van der Waals surface area contributed by atoms with E-state index in [2.05, 4.69) is 30.1 Å². The number of hydrogen-bond acceptors (Lipinski definition) is 3. The zero-order valence-electron chi connectivity index (χ0n) is 15.2. The van der Waals surface area contributed by atoms with E-state index < -0.39 is 0 Å². The van der Waals surface area contributed by atoms with Gasteiger partial charge < -0.3 is 10.2 Å². The number of Topliss-reactive ketones (excluding diaryl/α,β-unsaturated/α-hetero) is 1. The smallest absolute Gasteiger partial charge is 0.224 e. The third kappa shape index (κ3) is 5.18. The minimum Gasteiger partial charge on any atom is -0.372 e. The van der Waals surface area contributed by atoms with Crippen LogP contribution in [0.5, 0.6) is 0 Å². The molecule has 0 heterocycles. The molecule has 0 saturated carbocycles. The molecule has 2 aromatic carbocycles. The number of hydrogen-bond donors (Lipinski definition) is 1. The van der Waals surface area contributed by atoms with Gasteiger partial charge in [0.15, 0.2) is 5.78 Å². The molecule has 0 aliphatic heterocycles. The van der Waals surface area contributed by atoms with Crippen molar-refractivity contribution >= 4 is 23.1 Å². The summed E-state index contributed by atoms with van der Waals surface area (Å²) in [6, 6.07) is 15.1. The van der Waals surface area contributed by atoms with Crippen LogP contribution in [0.4, 0.5) is 11.4 Å². The Bertz CT molecular complexity index is 722. The van der Waals surface area contributed by atoms with Crippen LogP contribution in [0, 0.1) is 6.92 Å². The molecule has 0 aromatic heterocycles. The Morgan fingerprint density at radius 1 is 0.960 bits per heavy atom. The fourth-order valence-electron chi connectivity index (χ4n) is 2.78. The first kappa shape index (κ1) is 18.7. The fourth-order valence-corrected chi connectivity index (χ4v) is 2.78. The van der Waals surface area contributed by atoms with E-state index in [0.29, 0.717) is 5.56 Å². The standard InChI is InChI=1S/C21H26N2O2/c1-4-23(5-2)18-11-12-19(16(3)15-18)22-21(25)14-13-20(24)17-9-7-6-8-10-17/h6-12,15H,4-5,13-14H2,1-3H3,(H,22,25). The number of nitrogens with one attached hydrogen (secondary N) is 1. The molecule has 0 radical (unpaired) electrons. The van der Waals surface area contributed by atoms with Gasteiger partial charge in [0.2, 0.25) is 5.91 Å². The van der Waals surface area contributed by atoms with Crippen LogP contribution >= 0.6 is 0 Å². The molecule has 25 heavy (non-hydrogen) atoms. The molecule has 2 rings (SSSR count). The maximum absolute atomic E-state index is 12.2.